The second-order valence-corrected chi connectivity index (χ2v) is 20.2. The molecule has 2 N–H and O–H groups in total. The van der Waals surface area contributed by atoms with Crippen LogP contribution >= 0.6 is 11.6 Å². The summed E-state index contributed by atoms with van der Waals surface area (Å²) < 4.78 is 6.47. The molecule has 1 aliphatic heterocycles. The number of nitrogens with one attached hydrogen (secondary N) is 1. The van der Waals surface area contributed by atoms with Gasteiger partial charge >= 0.3 is 0 Å². The molecule has 4 saturated carbocycles. The molecular weight excluding hydrogens is 564 g/mol. The zero-order valence-corrected chi connectivity index (χ0v) is 27.7. The van der Waals surface area contributed by atoms with Gasteiger partial charge in [0.05, 0.1) is 10.6 Å². The number of rotatable bonds is 6. The molecule has 3 atom stereocenters. The van der Waals surface area contributed by atoms with Crippen LogP contribution in [0.3, 0.4) is 0 Å². The van der Waals surface area contributed by atoms with Gasteiger partial charge in [-0.1, -0.05) is 38.4 Å². The highest BCUT2D eigenvalue weighted by atomic mass is 35.5. The number of anilines is 2. The van der Waals surface area contributed by atoms with E-state index in [0.29, 0.717) is 28.5 Å². The van der Waals surface area contributed by atoms with Crippen LogP contribution in [-0.4, -0.2) is 61.6 Å². The molecule has 4 bridgehead atoms. The number of aliphatic hydroxyl groups is 1. The summed E-state index contributed by atoms with van der Waals surface area (Å²) in [6.45, 7) is 15.8. The number of carbonyl (C=O) groups excluding carboxylic acids is 1. The van der Waals surface area contributed by atoms with Crippen LogP contribution in [0.4, 0.5) is 11.5 Å². The molecule has 1 aromatic carbocycles. The van der Waals surface area contributed by atoms with Crippen molar-refractivity contribution in [3.05, 3.63) is 47.1 Å². The molecular formula is C33H47ClN4O3Si. The molecule has 0 radical (unpaired) electrons. The fourth-order valence-corrected chi connectivity index (χ4v) is 9.19. The second kappa shape index (κ2) is 10.7. The number of hydrogen-bond acceptors (Lipinski definition) is 6. The van der Waals surface area contributed by atoms with Crippen LogP contribution in [0.25, 0.3) is 0 Å². The van der Waals surface area contributed by atoms with Gasteiger partial charge in [0.2, 0.25) is 0 Å². The molecule has 3 unspecified atom stereocenters. The second-order valence-electron chi connectivity index (χ2n) is 15.0. The lowest BCUT2D eigenvalue weighted by Crippen LogP contribution is -2.61. The lowest BCUT2D eigenvalue weighted by molar-refractivity contribution is -0.136. The topological polar surface area (TPSA) is 77.9 Å². The molecule has 1 amide bonds. The Balaban J connectivity index is 1.09. The number of hydrogen-bond donors (Lipinski definition) is 2. The van der Waals surface area contributed by atoms with Gasteiger partial charge in [0.15, 0.2) is 0 Å². The molecule has 7 nitrogen and oxygen atoms in total. The van der Waals surface area contributed by atoms with E-state index in [1.54, 1.807) is 0 Å². The Morgan fingerprint density at radius 1 is 1.12 bits per heavy atom. The summed E-state index contributed by atoms with van der Waals surface area (Å²) in [6.07, 6.45) is 4.82. The van der Waals surface area contributed by atoms with Crippen LogP contribution in [0.5, 0.6) is 5.75 Å². The van der Waals surface area contributed by atoms with Gasteiger partial charge < -0.3 is 24.6 Å². The Bertz CT molecular complexity index is 1330. The first kappa shape index (κ1) is 29.8. The standard InChI is InChI=1S/C33H47ClN4O3Si/c1-21-20-37(25-10-11-28(26(34)16-25)41-42(5,6)32(2,3)4)12-13-38(21)29-9-7-8-27(35-29)31(39)36-30-23-14-22-15-24(30)19-33(40,17-22)18-23/h7-11,16,21-24,30,40H,12-15,17-20H2,1-6H3,(H,36,39). The van der Waals surface area contributed by atoms with Crippen LogP contribution in [0, 0.1) is 17.8 Å². The third-order valence-corrected chi connectivity index (χ3v) is 15.5. The van der Waals surface area contributed by atoms with Gasteiger partial charge in [-0.15, -0.1) is 0 Å². The van der Waals surface area contributed by atoms with Crippen LogP contribution in [0.2, 0.25) is 23.2 Å². The predicted molar refractivity (Wildman–Crippen MR) is 172 cm³/mol. The predicted octanol–water partition coefficient (Wildman–Crippen LogP) is 6.50. The molecule has 5 fully saturated rings. The number of aromatic nitrogens is 1. The molecule has 2 heterocycles. The van der Waals surface area contributed by atoms with Gasteiger partial charge in [0.25, 0.3) is 14.2 Å². The van der Waals surface area contributed by atoms with E-state index < -0.39 is 13.9 Å². The largest absolute Gasteiger partial charge is 0.543 e. The smallest absolute Gasteiger partial charge is 0.270 e. The van der Waals surface area contributed by atoms with E-state index in [-0.39, 0.29) is 23.0 Å². The average Bonchev–Trinajstić information content (AvgIpc) is 2.90. The van der Waals surface area contributed by atoms with Gasteiger partial charge in [-0.25, -0.2) is 4.98 Å². The van der Waals surface area contributed by atoms with Gasteiger partial charge in [0.1, 0.15) is 17.3 Å². The van der Waals surface area contributed by atoms with Gasteiger partial charge in [0, 0.05) is 37.4 Å². The average molecular weight is 611 g/mol. The Labute approximate surface area is 257 Å². The number of carbonyl (C=O) groups is 1. The first-order valence-electron chi connectivity index (χ1n) is 15.7. The van der Waals surface area contributed by atoms with Crippen molar-refractivity contribution in [1.29, 1.82) is 0 Å². The highest BCUT2D eigenvalue weighted by Crippen LogP contribution is 2.55. The van der Waals surface area contributed by atoms with Crippen molar-refractivity contribution in [2.24, 2.45) is 17.8 Å². The summed E-state index contributed by atoms with van der Waals surface area (Å²) in [5, 5.41) is 15.0. The number of piperazine rings is 1. The normalized spacial score (nSPS) is 30.9. The SMILES string of the molecule is CC1CN(c2ccc(O[Si](C)(C)C(C)(C)C)c(Cl)c2)CCN1c1cccc(C(=O)NC2C3CC4CC2CC(O)(C4)C3)n1. The summed E-state index contributed by atoms with van der Waals surface area (Å²) in [6, 6.07) is 12.3. The van der Waals surface area contributed by atoms with Crippen molar-refractivity contribution in [3.63, 3.8) is 0 Å². The Morgan fingerprint density at radius 2 is 1.83 bits per heavy atom. The molecule has 0 spiro atoms. The quantitative estimate of drug-likeness (QED) is 0.363. The number of benzene rings is 1. The summed E-state index contributed by atoms with van der Waals surface area (Å²) >= 11 is 6.73. The van der Waals surface area contributed by atoms with Crippen LogP contribution in [0.15, 0.2) is 36.4 Å². The lowest BCUT2D eigenvalue weighted by atomic mass is 9.52. The molecule has 5 aliphatic rings. The van der Waals surface area contributed by atoms with E-state index in [1.165, 1.54) is 0 Å². The fraction of sp³-hybridized carbons (Fsp3) is 0.636. The number of pyridine rings is 1. The Kier molecular flexibility index (Phi) is 7.58. The first-order chi connectivity index (χ1) is 19.7. The molecule has 42 heavy (non-hydrogen) atoms. The first-order valence-corrected chi connectivity index (χ1v) is 19.0. The van der Waals surface area contributed by atoms with Crippen molar-refractivity contribution in [1.82, 2.24) is 10.3 Å². The van der Waals surface area contributed by atoms with E-state index in [9.17, 15) is 9.90 Å². The molecule has 228 valence electrons. The molecule has 9 heteroatoms. The zero-order valence-electron chi connectivity index (χ0n) is 26.0. The van der Waals surface area contributed by atoms with E-state index in [2.05, 4.69) is 62.0 Å². The Morgan fingerprint density at radius 3 is 2.45 bits per heavy atom. The van der Waals surface area contributed by atoms with E-state index in [0.717, 1.165) is 69.0 Å². The maximum Gasteiger partial charge on any atom is 0.270 e. The molecule has 7 rings (SSSR count). The van der Waals surface area contributed by atoms with E-state index in [4.69, 9.17) is 21.0 Å². The van der Waals surface area contributed by atoms with Gasteiger partial charge in [-0.3, -0.25) is 4.79 Å². The summed E-state index contributed by atoms with van der Waals surface area (Å²) in [5.74, 6) is 2.88. The van der Waals surface area contributed by atoms with Crippen molar-refractivity contribution in [2.75, 3.05) is 29.4 Å². The van der Waals surface area contributed by atoms with Crippen molar-refractivity contribution < 1.29 is 14.3 Å². The maximum absolute atomic E-state index is 13.4. The molecule has 2 aromatic rings. The Hall–Kier alpha value is -2.29. The van der Waals surface area contributed by atoms with Crippen molar-refractivity contribution in [3.8, 4) is 5.75 Å². The van der Waals surface area contributed by atoms with Crippen molar-refractivity contribution >= 4 is 37.3 Å². The van der Waals surface area contributed by atoms with Crippen LogP contribution < -0.4 is 19.5 Å². The van der Waals surface area contributed by atoms with E-state index >= 15 is 0 Å². The van der Waals surface area contributed by atoms with Gasteiger partial charge in [-0.05, 0) is 105 Å². The fourth-order valence-electron chi connectivity index (χ4n) is 7.88. The third-order valence-electron chi connectivity index (χ3n) is 10.9. The summed E-state index contributed by atoms with van der Waals surface area (Å²) in [7, 11) is -1.98. The monoisotopic (exact) mass is 610 g/mol. The highest BCUT2D eigenvalue weighted by molar-refractivity contribution is 6.74. The third kappa shape index (κ3) is 5.66. The van der Waals surface area contributed by atoms with Crippen LogP contribution in [-0.2, 0) is 0 Å². The molecule has 4 aliphatic carbocycles. The highest BCUT2D eigenvalue weighted by Gasteiger charge is 2.55. The summed E-state index contributed by atoms with van der Waals surface area (Å²) in [5.41, 5.74) is 1.06. The lowest BCUT2D eigenvalue weighted by Gasteiger charge is -2.58. The minimum atomic E-state index is -1.98. The minimum Gasteiger partial charge on any atom is -0.543 e. The molecule has 1 aromatic heterocycles. The number of nitrogens with zero attached hydrogens (tertiary/aromatic N) is 3. The summed E-state index contributed by atoms with van der Waals surface area (Å²) in [4.78, 5) is 22.9. The van der Waals surface area contributed by atoms with Gasteiger partial charge in [-0.2, -0.15) is 0 Å². The zero-order chi connectivity index (χ0) is 30.0. The molecule has 1 saturated heterocycles. The van der Waals surface area contributed by atoms with Crippen molar-refractivity contribution in [2.45, 2.75) is 95.6 Å². The minimum absolute atomic E-state index is 0.0951. The van der Waals surface area contributed by atoms with Crippen LogP contribution in [0.1, 0.15) is 70.3 Å². The number of amides is 1. The number of halogens is 1. The van der Waals surface area contributed by atoms with E-state index in [1.807, 2.05) is 30.3 Å². The maximum atomic E-state index is 13.4.